The fourth-order valence-corrected chi connectivity index (χ4v) is 1.56. The maximum Gasteiger partial charge on any atom is 0.220 e. The maximum atomic E-state index is 11.1. The van der Waals surface area contributed by atoms with E-state index in [1.54, 1.807) is 13.1 Å². The second-order valence-electron chi connectivity index (χ2n) is 3.37. The van der Waals surface area contributed by atoms with Crippen molar-refractivity contribution < 1.29 is 4.79 Å². The van der Waals surface area contributed by atoms with E-state index < -0.39 is 0 Å². The van der Waals surface area contributed by atoms with Gasteiger partial charge in [-0.05, 0) is 17.2 Å². The van der Waals surface area contributed by atoms with Crippen molar-refractivity contribution in [3.05, 3.63) is 36.2 Å². The summed E-state index contributed by atoms with van der Waals surface area (Å²) in [4.78, 5) is 17.0. The minimum atomic E-state index is 0.125. The topological polar surface area (TPSA) is 33.2 Å². The summed E-state index contributed by atoms with van der Waals surface area (Å²) >= 11 is 0. The van der Waals surface area contributed by atoms with E-state index in [0.717, 1.165) is 12.1 Å². The second-order valence-corrected chi connectivity index (χ2v) is 3.37. The molecule has 0 aliphatic carbocycles. The lowest BCUT2D eigenvalue weighted by molar-refractivity contribution is -0.127. The highest BCUT2D eigenvalue weighted by molar-refractivity contribution is 5.79. The number of rotatable bonds is 1. The Hall–Kier alpha value is -1.64. The number of carbonyl (C=O) groups is 1. The van der Waals surface area contributed by atoms with Crippen molar-refractivity contribution in [1.29, 1.82) is 0 Å². The van der Waals surface area contributed by atoms with Gasteiger partial charge in [0, 0.05) is 32.4 Å². The predicted molar refractivity (Wildman–Crippen MR) is 54.5 cm³/mol. The summed E-state index contributed by atoms with van der Waals surface area (Å²) in [5, 5.41) is 0. The Kier molecular flexibility index (Phi) is 2.31. The molecule has 0 atom stereocenters. The van der Waals surface area contributed by atoms with Gasteiger partial charge in [-0.1, -0.05) is 12.1 Å². The van der Waals surface area contributed by atoms with Gasteiger partial charge in [0.15, 0.2) is 0 Å². The third-order valence-corrected chi connectivity index (χ3v) is 2.40. The van der Waals surface area contributed by atoms with Crippen LogP contribution in [0.1, 0.15) is 12.5 Å². The number of hydrogen-bond donors (Lipinski definition) is 0. The van der Waals surface area contributed by atoms with Gasteiger partial charge >= 0.3 is 0 Å². The zero-order chi connectivity index (χ0) is 9.97. The van der Waals surface area contributed by atoms with E-state index in [4.69, 9.17) is 0 Å². The average molecular weight is 188 g/mol. The Morgan fingerprint density at radius 2 is 2.43 bits per heavy atom. The molecule has 0 saturated heterocycles. The molecule has 1 aliphatic heterocycles. The van der Waals surface area contributed by atoms with E-state index in [-0.39, 0.29) is 5.91 Å². The molecule has 14 heavy (non-hydrogen) atoms. The molecule has 1 aliphatic rings. The highest BCUT2D eigenvalue weighted by atomic mass is 16.2. The largest absolute Gasteiger partial charge is 0.335 e. The molecule has 0 radical (unpaired) electrons. The van der Waals surface area contributed by atoms with Crippen molar-refractivity contribution in [2.45, 2.75) is 6.92 Å². The van der Waals surface area contributed by atoms with E-state index >= 15 is 0 Å². The van der Waals surface area contributed by atoms with Crippen LogP contribution < -0.4 is 0 Å². The van der Waals surface area contributed by atoms with Crippen LogP contribution in [0, 0.1) is 0 Å². The van der Waals surface area contributed by atoms with Gasteiger partial charge in [0.1, 0.15) is 0 Å². The molecule has 0 N–H and O–H groups in total. The molecule has 2 heterocycles. The normalized spacial score (nSPS) is 15.5. The lowest BCUT2D eigenvalue weighted by Gasteiger charge is -2.13. The van der Waals surface area contributed by atoms with Crippen molar-refractivity contribution in [3.63, 3.8) is 0 Å². The highest BCUT2D eigenvalue weighted by Gasteiger charge is 2.16. The summed E-state index contributed by atoms with van der Waals surface area (Å²) < 4.78 is 0. The molecular weight excluding hydrogens is 176 g/mol. The van der Waals surface area contributed by atoms with Crippen LogP contribution in [0.4, 0.5) is 0 Å². The molecule has 0 unspecified atom stereocenters. The Balaban J connectivity index is 2.13. The average Bonchev–Trinajstić information content (AvgIpc) is 2.68. The molecule has 72 valence electrons. The fraction of sp³-hybridized carbons (Fsp3) is 0.273. The predicted octanol–water partition coefficient (Wildman–Crippen LogP) is 1.33. The third-order valence-electron chi connectivity index (χ3n) is 2.40. The van der Waals surface area contributed by atoms with Crippen LogP contribution in [0.25, 0.3) is 5.57 Å². The van der Waals surface area contributed by atoms with E-state index in [9.17, 15) is 4.79 Å². The molecule has 2 rings (SSSR count). The van der Waals surface area contributed by atoms with E-state index in [2.05, 4.69) is 11.1 Å². The summed E-state index contributed by atoms with van der Waals surface area (Å²) in [6, 6.07) is 3.93. The first kappa shape index (κ1) is 8.94. The van der Waals surface area contributed by atoms with Gasteiger partial charge < -0.3 is 4.90 Å². The first-order valence-electron chi connectivity index (χ1n) is 4.62. The van der Waals surface area contributed by atoms with Gasteiger partial charge in [0.05, 0.1) is 0 Å². The van der Waals surface area contributed by atoms with Crippen LogP contribution in [0.3, 0.4) is 0 Å². The van der Waals surface area contributed by atoms with Gasteiger partial charge in [-0.3, -0.25) is 9.78 Å². The number of carbonyl (C=O) groups excluding carboxylic acids is 1. The summed E-state index contributed by atoms with van der Waals surface area (Å²) in [5.41, 5.74) is 2.30. The van der Waals surface area contributed by atoms with Gasteiger partial charge in [-0.25, -0.2) is 0 Å². The molecule has 3 nitrogen and oxygen atoms in total. The minimum absolute atomic E-state index is 0.125. The van der Waals surface area contributed by atoms with Crippen LogP contribution in [0.15, 0.2) is 30.6 Å². The van der Waals surface area contributed by atoms with Gasteiger partial charge in [0.2, 0.25) is 5.91 Å². The Morgan fingerprint density at radius 3 is 3.00 bits per heavy atom. The summed E-state index contributed by atoms with van der Waals surface area (Å²) in [6.45, 7) is 3.03. The van der Waals surface area contributed by atoms with Crippen molar-refractivity contribution >= 4 is 11.5 Å². The molecule has 1 amide bonds. The van der Waals surface area contributed by atoms with Crippen molar-refractivity contribution in [1.82, 2.24) is 9.88 Å². The van der Waals surface area contributed by atoms with Crippen LogP contribution in [-0.2, 0) is 4.79 Å². The maximum absolute atomic E-state index is 11.1. The van der Waals surface area contributed by atoms with Crippen LogP contribution in [0.5, 0.6) is 0 Å². The number of aromatic nitrogens is 1. The molecule has 0 spiro atoms. The summed E-state index contributed by atoms with van der Waals surface area (Å²) in [7, 11) is 0. The molecular formula is C11H12N2O. The molecule has 0 fully saturated rings. The van der Waals surface area contributed by atoms with E-state index in [1.807, 2.05) is 23.2 Å². The van der Waals surface area contributed by atoms with Gasteiger partial charge in [-0.15, -0.1) is 0 Å². The Labute approximate surface area is 83.1 Å². The van der Waals surface area contributed by atoms with Crippen molar-refractivity contribution in [2.24, 2.45) is 0 Å². The Morgan fingerprint density at radius 1 is 1.57 bits per heavy atom. The Bertz CT molecular complexity index is 370. The molecule has 0 saturated carbocycles. The molecule has 1 aromatic rings. The summed E-state index contributed by atoms with van der Waals surface area (Å²) in [5.74, 6) is 0.125. The molecule has 0 bridgehead atoms. The van der Waals surface area contributed by atoms with Crippen molar-refractivity contribution in [2.75, 3.05) is 13.1 Å². The van der Waals surface area contributed by atoms with Gasteiger partial charge in [-0.2, -0.15) is 0 Å². The smallest absolute Gasteiger partial charge is 0.220 e. The van der Waals surface area contributed by atoms with Gasteiger partial charge in [0.25, 0.3) is 0 Å². The van der Waals surface area contributed by atoms with E-state index in [0.29, 0.717) is 6.54 Å². The van der Waals surface area contributed by atoms with Crippen LogP contribution in [0.2, 0.25) is 0 Å². The monoisotopic (exact) mass is 188 g/mol. The first-order valence-corrected chi connectivity index (χ1v) is 4.62. The third kappa shape index (κ3) is 1.66. The van der Waals surface area contributed by atoms with Crippen LogP contribution >= 0.6 is 0 Å². The lowest BCUT2D eigenvalue weighted by atomic mass is 10.1. The molecule has 3 heteroatoms. The summed E-state index contributed by atoms with van der Waals surface area (Å²) in [6.07, 6.45) is 5.66. The lowest BCUT2D eigenvalue weighted by Crippen LogP contribution is -2.25. The number of amides is 1. The SMILES string of the molecule is CC(=O)N1CC=C(c2cccnc2)C1. The highest BCUT2D eigenvalue weighted by Crippen LogP contribution is 2.19. The zero-order valence-electron chi connectivity index (χ0n) is 8.10. The number of hydrogen-bond acceptors (Lipinski definition) is 2. The standard InChI is InChI=1S/C11H12N2O/c1-9(14)13-6-4-11(8-13)10-3-2-5-12-7-10/h2-5,7H,6,8H2,1H3. The molecule has 0 aromatic carbocycles. The molecule has 1 aromatic heterocycles. The van der Waals surface area contributed by atoms with E-state index in [1.165, 1.54) is 5.57 Å². The van der Waals surface area contributed by atoms with Crippen molar-refractivity contribution in [3.8, 4) is 0 Å². The number of pyridine rings is 1. The quantitative estimate of drug-likeness (QED) is 0.666. The zero-order valence-corrected chi connectivity index (χ0v) is 8.10. The van der Waals surface area contributed by atoms with Crippen LogP contribution in [-0.4, -0.2) is 28.9 Å². The minimum Gasteiger partial charge on any atom is -0.335 e. The first-order chi connectivity index (χ1) is 6.77. The second kappa shape index (κ2) is 3.62. The number of nitrogens with zero attached hydrogens (tertiary/aromatic N) is 2. The fourth-order valence-electron chi connectivity index (χ4n) is 1.56.